The van der Waals surface area contributed by atoms with Crippen molar-refractivity contribution in [2.45, 2.75) is 17.7 Å². The van der Waals surface area contributed by atoms with Crippen molar-refractivity contribution >= 4 is 27.6 Å². The van der Waals surface area contributed by atoms with Crippen LogP contribution in [0.1, 0.15) is 11.3 Å². The zero-order valence-electron chi connectivity index (χ0n) is 15.6. The molecule has 12 heteroatoms. The Balaban J connectivity index is 1.59. The van der Waals surface area contributed by atoms with E-state index in [1.807, 2.05) is 35.1 Å². The predicted octanol–water partition coefficient (Wildman–Crippen LogP) is 3.57. The number of rotatable bonds is 7. The van der Waals surface area contributed by atoms with Crippen molar-refractivity contribution in [3.05, 3.63) is 77.1 Å². The molecule has 0 saturated heterocycles. The quantitative estimate of drug-likeness (QED) is 0.530. The molecular weight excluding hydrogens is 459 g/mol. The minimum atomic E-state index is -4.75. The topological polar surface area (TPSA) is 90.3 Å². The molecule has 0 radical (unpaired) electrons. The van der Waals surface area contributed by atoms with E-state index in [0.29, 0.717) is 17.8 Å². The van der Waals surface area contributed by atoms with Crippen LogP contribution in [-0.2, 0) is 32.3 Å². The van der Waals surface area contributed by atoms with Crippen molar-refractivity contribution in [2.75, 3.05) is 6.54 Å². The van der Waals surface area contributed by atoms with Crippen molar-refractivity contribution in [3.63, 3.8) is 0 Å². The maximum Gasteiger partial charge on any atom is 0.416 e. The minimum Gasteiger partial charge on any atom is -0.458 e. The number of carbonyl (C=O) groups is 1. The highest BCUT2D eigenvalue weighted by Crippen LogP contribution is 2.33. The van der Waals surface area contributed by atoms with Gasteiger partial charge in [0.25, 0.3) is 0 Å². The van der Waals surface area contributed by atoms with Gasteiger partial charge in [0.1, 0.15) is 23.7 Å². The van der Waals surface area contributed by atoms with Crippen LogP contribution in [0.3, 0.4) is 0 Å². The summed E-state index contributed by atoms with van der Waals surface area (Å²) in [6, 6.07) is 12.7. The number of aromatic nitrogens is 2. The fraction of sp³-hybridized carbons (Fsp3) is 0.158. The van der Waals surface area contributed by atoms with Gasteiger partial charge in [-0.1, -0.05) is 29.8 Å². The van der Waals surface area contributed by atoms with Crippen molar-refractivity contribution in [1.82, 2.24) is 14.5 Å². The van der Waals surface area contributed by atoms with Gasteiger partial charge in [-0.05, 0) is 36.4 Å². The molecule has 1 aromatic heterocycles. The second-order valence-electron chi connectivity index (χ2n) is 6.22. The summed E-state index contributed by atoms with van der Waals surface area (Å²) in [5.74, 6) is -0.944. The van der Waals surface area contributed by atoms with Crippen molar-refractivity contribution < 1.29 is 31.1 Å². The molecule has 7 nitrogen and oxygen atoms in total. The number of sulfonamides is 1. The third-order valence-corrected chi connectivity index (χ3v) is 5.88. The van der Waals surface area contributed by atoms with Crippen LogP contribution < -0.4 is 4.72 Å². The van der Waals surface area contributed by atoms with E-state index in [4.69, 9.17) is 16.3 Å². The molecule has 3 rings (SSSR count). The second-order valence-corrected chi connectivity index (χ2v) is 8.36. The third-order valence-electron chi connectivity index (χ3n) is 4.00. The number of hydrogen-bond acceptors (Lipinski definition) is 5. The monoisotopic (exact) mass is 473 g/mol. The van der Waals surface area contributed by atoms with E-state index in [9.17, 15) is 26.4 Å². The van der Waals surface area contributed by atoms with E-state index in [1.54, 1.807) is 16.9 Å². The van der Waals surface area contributed by atoms with E-state index in [1.165, 1.54) is 0 Å². The minimum absolute atomic E-state index is 0.218. The van der Waals surface area contributed by atoms with Gasteiger partial charge in [-0.2, -0.15) is 23.0 Å². The lowest BCUT2D eigenvalue weighted by Crippen LogP contribution is -2.31. The Morgan fingerprint density at radius 3 is 2.52 bits per heavy atom. The summed E-state index contributed by atoms with van der Waals surface area (Å²) in [7, 11) is -4.49. The number of hydrogen-bond donors (Lipinski definition) is 1. The largest absolute Gasteiger partial charge is 0.458 e. The lowest BCUT2D eigenvalue weighted by atomic mass is 10.2. The molecule has 164 valence electrons. The fourth-order valence-electron chi connectivity index (χ4n) is 2.49. The number of nitrogens with one attached hydrogen (secondary N) is 1. The second kappa shape index (κ2) is 9.08. The molecular formula is C19H15ClF3N3O4S. The molecule has 0 aliphatic carbocycles. The Hall–Kier alpha value is -2.89. The van der Waals surface area contributed by atoms with Crippen LogP contribution >= 0.6 is 11.6 Å². The van der Waals surface area contributed by atoms with Gasteiger partial charge in [-0.25, -0.2) is 13.1 Å². The van der Waals surface area contributed by atoms with E-state index in [0.717, 1.165) is 11.8 Å². The van der Waals surface area contributed by atoms with Gasteiger partial charge in [0.05, 0.1) is 16.3 Å². The highest BCUT2D eigenvalue weighted by atomic mass is 35.5. The van der Waals surface area contributed by atoms with Gasteiger partial charge < -0.3 is 4.74 Å². The number of esters is 1. The summed E-state index contributed by atoms with van der Waals surface area (Å²) in [5, 5.41) is 3.81. The molecule has 0 saturated carbocycles. The van der Waals surface area contributed by atoms with Crippen LogP contribution in [0.25, 0.3) is 5.69 Å². The van der Waals surface area contributed by atoms with Gasteiger partial charge >= 0.3 is 12.1 Å². The molecule has 0 amide bonds. The summed E-state index contributed by atoms with van der Waals surface area (Å²) in [6.07, 6.45) is -3.09. The van der Waals surface area contributed by atoms with Crippen molar-refractivity contribution in [3.8, 4) is 5.69 Å². The Morgan fingerprint density at radius 2 is 1.84 bits per heavy atom. The van der Waals surface area contributed by atoms with Gasteiger partial charge in [-0.3, -0.25) is 4.79 Å². The Morgan fingerprint density at radius 1 is 1.13 bits per heavy atom. The lowest BCUT2D eigenvalue weighted by molar-refractivity contribution is -0.143. The van der Waals surface area contributed by atoms with Crippen molar-refractivity contribution in [1.29, 1.82) is 0 Å². The number of carbonyl (C=O) groups excluding carboxylic acids is 1. The van der Waals surface area contributed by atoms with Crippen LogP contribution in [0.4, 0.5) is 13.2 Å². The summed E-state index contributed by atoms with van der Waals surface area (Å²) in [5.41, 5.74) is 0.0284. The molecule has 0 aliphatic rings. The average Bonchev–Trinajstić information content (AvgIpc) is 3.20. The molecule has 3 aromatic rings. The Labute approximate surface area is 180 Å². The highest BCUT2D eigenvalue weighted by Gasteiger charge is 2.32. The number of nitrogens with zero attached hydrogens (tertiary/aromatic N) is 2. The third kappa shape index (κ3) is 5.84. The van der Waals surface area contributed by atoms with Crippen LogP contribution in [0.15, 0.2) is 65.7 Å². The predicted molar refractivity (Wildman–Crippen MR) is 105 cm³/mol. The normalized spacial score (nSPS) is 12.0. The summed E-state index contributed by atoms with van der Waals surface area (Å²) in [4.78, 5) is 11.1. The van der Waals surface area contributed by atoms with Crippen LogP contribution in [0.2, 0.25) is 5.02 Å². The Bertz CT molecular complexity index is 1180. The molecule has 31 heavy (non-hydrogen) atoms. The molecule has 0 atom stereocenters. The molecule has 0 bridgehead atoms. The van der Waals surface area contributed by atoms with Gasteiger partial charge in [0.2, 0.25) is 10.0 Å². The molecule has 1 heterocycles. The summed E-state index contributed by atoms with van der Waals surface area (Å²) < 4.78 is 71.5. The van der Waals surface area contributed by atoms with E-state index in [-0.39, 0.29) is 6.61 Å². The van der Waals surface area contributed by atoms with E-state index < -0.39 is 44.2 Å². The maximum absolute atomic E-state index is 12.8. The first kappa shape index (κ1) is 22.8. The van der Waals surface area contributed by atoms with Crippen LogP contribution in [0, 0.1) is 0 Å². The molecule has 0 spiro atoms. The SMILES string of the molecule is O=C(CNS(=O)(=O)c1cc(C(F)(F)F)ccc1Cl)OCc1ccn(-c2ccccc2)n1. The zero-order chi connectivity index (χ0) is 22.6. The van der Waals surface area contributed by atoms with Gasteiger partial charge in [0.15, 0.2) is 0 Å². The molecule has 0 fully saturated rings. The first-order valence-corrected chi connectivity index (χ1v) is 10.5. The highest BCUT2D eigenvalue weighted by molar-refractivity contribution is 7.89. The molecule has 1 N–H and O–H groups in total. The Kier molecular flexibility index (Phi) is 6.68. The number of alkyl halides is 3. The zero-order valence-corrected chi connectivity index (χ0v) is 17.2. The number of ether oxygens (including phenoxy) is 1. The number of halogens is 4. The standard InChI is InChI=1S/C19H15ClF3N3O4S/c20-16-7-6-13(19(21,22)23)10-17(16)31(28,29)24-11-18(27)30-12-14-8-9-26(25-14)15-4-2-1-3-5-15/h1-10,24H,11-12H2. The average molecular weight is 474 g/mol. The molecule has 0 aliphatic heterocycles. The fourth-order valence-corrected chi connectivity index (χ4v) is 3.98. The lowest BCUT2D eigenvalue weighted by Gasteiger charge is -2.11. The van der Waals surface area contributed by atoms with Gasteiger partial charge in [-0.15, -0.1) is 0 Å². The van der Waals surface area contributed by atoms with Crippen LogP contribution in [0.5, 0.6) is 0 Å². The first-order chi connectivity index (χ1) is 14.6. The number of para-hydroxylation sites is 1. The summed E-state index contributed by atoms with van der Waals surface area (Å²) in [6.45, 7) is -1.01. The van der Waals surface area contributed by atoms with E-state index >= 15 is 0 Å². The van der Waals surface area contributed by atoms with Gasteiger partial charge in [0, 0.05) is 6.20 Å². The van der Waals surface area contributed by atoms with Crippen LogP contribution in [-0.4, -0.2) is 30.7 Å². The van der Waals surface area contributed by atoms with Crippen molar-refractivity contribution in [2.24, 2.45) is 0 Å². The van der Waals surface area contributed by atoms with E-state index in [2.05, 4.69) is 5.10 Å². The smallest absolute Gasteiger partial charge is 0.416 e. The molecule has 0 unspecified atom stereocenters. The maximum atomic E-state index is 12.8. The first-order valence-electron chi connectivity index (χ1n) is 8.68. The summed E-state index contributed by atoms with van der Waals surface area (Å²) >= 11 is 5.73. The molecule has 2 aromatic carbocycles. The number of benzene rings is 2.